The van der Waals surface area contributed by atoms with Crippen molar-refractivity contribution in [1.29, 1.82) is 0 Å². The molecule has 0 saturated carbocycles. The van der Waals surface area contributed by atoms with E-state index in [1.807, 2.05) is 42.5 Å². The third-order valence-electron chi connectivity index (χ3n) is 5.70. The molecular formula is C27H21NO4. The summed E-state index contributed by atoms with van der Waals surface area (Å²) in [7, 11) is 0. The Morgan fingerprint density at radius 2 is 1.69 bits per heavy atom. The summed E-state index contributed by atoms with van der Waals surface area (Å²) in [5.41, 5.74) is 6.08. The third kappa shape index (κ3) is 3.81. The summed E-state index contributed by atoms with van der Waals surface area (Å²) in [6.45, 7) is 0.599. The van der Waals surface area contributed by atoms with Crippen LogP contribution in [0.5, 0.6) is 0 Å². The van der Waals surface area contributed by atoms with E-state index in [-0.39, 0.29) is 18.0 Å². The van der Waals surface area contributed by atoms with Crippen molar-refractivity contribution >= 4 is 23.1 Å². The standard InChI is InChI=1S/C27H21NO4/c29-25-13-15-31-26-12-11-18(16-23(25)26)6-5-14-28-27(30)32-17-24-21-9-3-1-7-19(21)20-8-2-4-10-22(20)24/h1-13,15-16,24H,14,17H2,(H,28,30). The largest absolute Gasteiger partial charge is 0.464 e. The van der Waals surface area contributed by atoms with Crippen LogP contribution in [0.4, 0.5) is 4.79 Å². The van der Waals surface area contributed by atoms with E-state index in [4.69, 9.17) is 9.15 Å². The van der Waals surface area contributed by atoms with Gasteiger partial charge in [0.25, 0.3) is 0 Å². The minimum atomic E-state index is -0.462. The smallest absolute Gasteiger partial charge is 0.407 e. The Hall–Kier alpha value is -4.12. The van der Waals surface area contributed by atoms with Crippen molar-refractivity contribution < 1.29 is 13.9 Å². The lowest BCUT2D eigenvalue weighted by atomic mass is 9.98. The quantitative estimate of drug-likeness (QED) is 0.470. The summed E-state index contributed by atoms with van der Waals surface area (Å²) >= 11 is 0. The molecule has 0 saturated heterocycles. The van der Waals surface area contributed by atoms with E-state index in [1.165, 1.54) is 34.6 Å². The van der Waals surface area contributed by atoms with Crippen molar-refractivity contribution in [2.24, 2.45) is 0 Å². The van der Waals surface area contributed by atoms with Gasteiger partial charge < -0.3 is 14.5 Å². The first kappa shape index (κ1) is 19.8. The fourth-order valence-corrected chi connectivity index (χ4v) is 4.19. The van der Waals surface area contributed by atoms with E-state index in [0.717, 1.165) is 5.56 Å². The van der Waals surface area contributed by atoms with Crippen molar-refractivity contribution in [3.8, 4) is 11.1 Å². The average molecular weight is 423 g/mol. The Bertz CT molecular complexity index is 1340. The molecule has 5 nitrogen and oxygen atoms in total. The van der Waals surface area contributed by atoms with Gasteiger partial charge in [0.15, 0.2) is 5.43 Å². The number of rotatable bonds is 5. The van der Waals surface area contributed by atoms with Crippen molar-refractivity contribution in [3.05, 3.63) is 112 Å². The monoisotopic (exact) mass is 423 g/mol. The van der Waals surface area contributed by atoms with Gasteiger partial charge in [-0.05, 0) is 39.9 Å². The van der Waals surface area contributed by atoms with Gasteiger partial charge in [-0.25, -0.2) is 4.79 Å². The Labute approximate surface area is 185 Å². The topological polar surface area (TPSA) is 68.5 Å². The zero-order chi connectivity index (χ0) is 21.9. The van der Waals surface area contributed by atoms with Crippen LogP contribution in [-0.4, -0.2) is 19.2 Å². The van der Waals surface area contributed by atoms with Gasteiger partial charge in [0, 0.05) is 18.5 Å². The molecule has 0 fully saturated rings. The second kappa shape index (κ2) is 8.55. The number of carbonyl (C=O) groups is 1. The van der Waals surface area contributed by atoms with E-state index in [9.17, 15) is 9.59 Å². The third-order valence-corrected chi connectivity index (χ3v) is 5.70. The zero-order valence-corrected chi connectivity index (χ0v) is 17.3. The molecule has 0 radical (unpaired) electrons. The molecule has 0 spiro atoms. The fraction of sp³-hybridized carbons (Fsp3) is 0.111. The second-order valence-corrected chi connectivity index (χ2v) is 7.65. The number of ether oxygens (including phenoxy) is 1. The molecule has 5 rings (SSSR count). The van der Waals surface area contributed by atoms with E-state index in [2.05, 4.69) is 29.6 Å². The van der Waals surface area contributed by atoms with Crippen LogP contribution in [0.3, 0.4) is 0 Å². The van der Waals surface area contributed by atoms with Gasteiger partial charge in [-0.3, -0.25) is 4.79 Å². The number of hydrogen-bond acceptors (Lipinski definition) is 4. The summed E-state index contributed by atoms with van der Waals surface area (Å²) in [6, 6.07) is 23.3. The molecular weight excluding hydrogens is 402 g/mol. The number of benzene rings is 3. The lowest BCUT2D eigenvalue weighted by molar-refractivity contribution is 0.144. The molecule has 158 valence electrons. The lowest BCUT2D eigenvalue weighted by Crippen LogP contribution is -2.26. The minimum Gasteiger partial charge on any atom is -0.464 e. The number of nitrogens with one attached hydrogen (secondary N) is 1. The molecule has 0 atom stereocenters. The summed E-state index contributed by atoms with van der Waals surface area (Å²) in [4.78, 5) is 24.2. The number of alkyl carbamates (subject to hydrolysis) is 1. The molecule has 1 aliphatic carbocycles. The van der Waals surface area contributed by atoms with Gasteiger partial charge in [0.05, 0.1) is 11.6 Å². The molecule has 32 heavy (non-hydrogen) atoms. The normalized spacial score (nSPS) is 12.6. The van der Waals surface area contributed by atoms with Crippen LogP contribution in [0.15, 0.2) is 94.3 Å². The molecule has 1 heterocycles. The van der Waals surface area contributed by atoms with Crippen molar-refractivity contribution in [3.63, 3.8) is 0 Å². The molecule has 1 aromatic heterocycles. The van der Waals surface area contributed by atoms with Gasteiger partial charge in [0.1, 0.15) is 12.2 Å². The number of hydrogen-bond donors (Lipinski definition) is 1. The molecule has 4 aromatic rings. The lowest BCUT2D eigenvalue weighted by Gasteiger charge is -2.14. The Kier molecular flexibility index (Phi) is 5.30. The predicted molar refractivity (Wildman–Crippen MR) is 125 cm³/mol. The van der Waals surface area contributed by atoms with Crippen LogP contribution in [0.1, 0.15) is 22.6 Å². The number of fused-ring (bicyclic) bond motifs is 4. The Morgan fingerprint density at radius 1 is 0.969 bits per heavy atom. The highest BCUT2D eigenvalue weighted by Crippen LogP contribution is 2.44. The molecule has 1 amide bonds. The van der Waals surface area contributed by atoms with Gasteiger partial charge in [-0.1, -0.05) is 66.7 Å². The van der Waals surface area contributed by atoms with Crippen molar-refractivity contribution in [2.75, 3.05) is 13.2 Å². The first-order valence-electron chi connectivity index (χ1n) is 10.5. The Morgan fingerprint density at radius 3 is 2.44 bits per heavy atom. The van der Waals surface area contributed by atoms with Crippen LogP contribution in [0.2, 0.25) is 0 Å². The van der Waals surface area contributed by atoms with Crippen LogP contribution < -0.4 is 10.7 Å². The molecule has 0 bridgehead atoms. The maximum atomic E-state index is 12.2. The number of amides is 1. The minimum absolute atomic E-state index is 0.0352. The summed E-state index contributed by atoms with van der Waals surface area (Å²) in [5.74, 6) is 0.0352. The van der Waals surface area contributed by atoms with Crippen LogP contribution in [0, 0.1) is 0 Å². The van der Waals surface area contributed by atoms with Crippen molar-refractivity contribution in [1.82, 2.24) is 5.32 Å². The van der Waals surface area contributed by atoms with Gasteiger partial charge in [0.2, 0.25) is 0 Å². The second-order valence-electron chi connectivity index (χ2n) is 7.65. The van der Waals surface area contributed by atoms with Crippen LogP contribution in [-0.2, 0) is 4.74 Å². The highest BCUT2D eigenvalue weighted by molar-refractivity contribution is 5.80. The van der Waals surface area contributed by atoms with Gasteiger partial charge >= 0.3 is 6.09 Å². The number of carbonyl (C=O) groups excluding carboxylic acids is 1. The maximum absolute atomic E-state index is 12.2. The van der Waals surface area contributed by atoms with Crippen molar-refractivity contribution in [2.45, 2.75) is 5.92 Å². The van der Waals surface area contributed by atoms with E-state index in [1.54, 1.807) is 12.1 Å². The molecule has 0 unspecified atom stereocenters. The first-order chi connectivity index (χ1) is 15.7. The summed E-state index contributed by atoms with van der Waals surface area (Å²) < 4.78 is 10.8. The van der Waals surface area contributed by atoms with E-state index < -0.39 is 6.09 Å². The molecule has 1 N–H and O–H groups in total. The first-order valence-corrected chi connectivity index (χ1v) is 10.5. The zero-order valence-electron chi connectivity index (χ0n) is 17.3. The highest BCUT2D eigenvalue weighted by atomic mass is 16.5. The SMILES string of the molecule is O=C(NCC=Cc1ccc2occc(=O)c2c1)OCC1c2ccccc2-c2ccccc21. The van der Waals surface area contributed by atoms with E-state index >= 15 is 0 Å². The van der Waals surface area contributed by atoms with Gasteiger partial charge in [-0.2, -0.15) is 0 Å². The van der Waals surface area contributed by atoms with Crippen LogP contribution >= 0.6 is 0 Å². The molecule has 5 heteroatoms. The predicted octanol–water partition coefficient (Wildman–Crippen LogP) is 5.34. The van der Waals surface area contributed by atoms with E-state index in [0.29, 0.717) is 17.5 Å². The molecule has 1 aliphatic rings. The fourth-order valence-electron chi connectivity index (χ4n) is 4.19. The maximum Gasteiger partial charge on any atom is 0.407 e. The molecule has 0 aliphatic heterocycles. The Balaban J connectivity index is 1.19. The summed E-state index contributed by atoms with van der Waals surface area (Å²) in [5, 5.41) is 3.27. The summed E-state index contributed by atoms with van der Waals surface area (Å²) in [6.07, 6.45) is 4.58. The molecule has 3 aromatic carbocycles. The van der Waals surface area contributed by atoms with Gasteiger partial charge in [-0.15, -0.1) is 0 Å². The average Bonchev–Trinajstić information content (AvgIpc) is 3.15. The highest BCUT2D eigenvalue weighted by Gasteiger charge is 2.28. The van der Waals surface area contributed by atoms with Crippen LogP contribution in [0.25, 0.3) is 28.2 Å².